The molecule has 0 aliphatic carbocycles. The Hall–Kier alpha value is -2.78. The molecule has 0 atom stereocenters. The van der Waals surface area contributed by atoms with Crippen molar-refractivity contribution < 1.29 is 18.3 Å². The van der Waals surface area contributed by atoms with Gasteiger partial charge in [0.15, 0.2) is 0 Å². The molecule has 1 aromatic carbocycles. The van der Waals surface area contributed by atoms with E-state index in [-0.39, 0.29) is 0 Å². The number of anilines is 1. The molecule has 1 aliphatic rings. The van der Waals surface area contributed by atoms with Crippen LogP contribution in [0.5, 0.6) is 0 Å². The maximum atomic E-state index is 12.8. The summed E-state index contributed by atoms with van der Waals surface area (Å²) in [5.41, 5.74) is 0.868. The minimum absolute atomic E-state index is 0.298. The van der Waals surface area contributed by atoms with Gasteiger partial charge in [-0.25, -0.2) is 4.98 Å². The van der Waals surface area contributed by atoms with Gasteiger partial charge in [0, 0.05) is 36.6 Å². The number of alkyl halides is 3. The highest BCUT2D eigenvalue weighted by molar-refractivity contribution is 6.33. The molecule has 2 aromatic heterocycles. The van der Waals surface area contributed by atoms with Crippen molar-refractivity contribution in [2.24, 2.45) is 0 Å². The Bertz CT molecular complexity index is 1010. The molecule has 1 N–H and O–H groups in total. The summed E-state index contributed by atoms with van der Waals surface area (Å²) in [6, 6.07) is 6.25. The average molecular weight is 408 g/mol. The molecule has 3 heterocycles. The summed E-state index contributed by atoms with van der Waals surface area (Å²) >= 11 is 6.25. The van der Waals surface area contributed by atoms with Gasteiger partial charge in [-0.05, 0) is 18.2 Å². The first-order valence-electron chi connectivity index (χ1n) is 8.28. The molecular formula is C18H13ClF3N5O. The van der Waals surface area contributed by atoms with E-state index in [1.54, 1.807) is 11.0 Å². The Morgan fingerprint density at radius 3 is 2.36 bits per heavy atom. The highest BCUT2D eigenvalue weighted by Crippen LogP contribution is 2.35. The Balaban J connectivity index is 1.81. The Labute approximate surface area is 162 Å². The maximum absolute atomic E-state index is 12.8. The average Bonchev–Trinajstić information content (AvgIpc) is 2.65. The summed E-state index contributed by atoms with van der Waals surface area (Å²) in [5, 5.41) is 18.1. The molecule has 10 heteroatoms. The molecule has 1 saturated heterocycles. The van der Waals surface area contributed by atoms with Crippen LogP contribution < -0.4 is 4.90 Å². The highest BCUT2D eigenvalue weighted by Gasteiger charge is 2.31. The van der Waals surface area contributed by atoms with E-state index in [0.29, 0.717) is 46.6 Å². The fraction of sp³-hybridized carbons (Fsp3) is 0.222. The molecule has 0 spiro atoms. The lowest BCUT2D eigenvalue weighted by Gasteiger charge is -2.35. The van der Waals surface area contributed by atoms with Crippen molar-refractivity contribution in [2.45, 2.75) is 12.3 Å². The number of aliphatic hydroxyl groups excluding tert-OH is 1. The molecule has 0 radical (unpaired) electrons. The van der Waals surface area contributed by atoms with Crippen LogP contribution in [0, 0.1) is 0 Å². The number of pyridine rings is 1. The van der Waals surface area contributed by atoms with Gasteiger partial charge in [-0.15, -0.1) is 10.2 Å². The Morgan fingerprint density at radius 2 is 1.75 bits per heavy atom. The minimum Gasteiger partial charge on any atom is -0.389 e. The first kappa shape index (κ1) is 18.6. The number of benzene rings is 1. The molecule has 0 amide bonds. The first-order chi connectivity index (χ1) is 13.3. The number of aliphatic hydroxyl groups is 1. The fourth-order valence-corrected chi connectivity index (χ4v) is 3.05. The highest BCUT2D eigenvalue weighted by atomic mass is 35.5. The Morgan fingerprint density at radius 1 is 1.04 bits per heavy atom. The lowest BCUT2D eigenvalue weighted by Crippen LogP contribution is -2.51. The third kappa shape index (κ3) is 3.50. The van der Waals surface area contributed by atoms with E-state index in [0.717, 1.165) is 12.1 Å². The van der Waals surface area contributed by atoms with Gasteiger partial charge in [-0.3, -0.25) is 4.98 Å². The first-order valence-corrected chi connectivity index (χ1v) is 8.66. The molecule has 6 nitrogen and oxygen atoms in total. The zero-order valence-corrected chi connectivity index (χ0v) is 15.0. The minimum atomic E-state index is -4.43. The summed E-state index contributed by atoms with van der Waals surface area (Å²) in [6.07, 6.45) is -1.90. The van der Waals surface area contributed by atoms with Crippen LogP contribution >= 0.6 is 11.6 Å². The summed E-state index contributed by atoms with van der Waals surface area (Å²) < 4.78 is 38.5. The molecule has 144 valence electrons. The normalized spacial score (nSPS) is 14.8. The summed E-state index contributed by atoms with van der Waals surface area (Å²) in [5.74, 6) is 0.309. The van der Waals surface area contributed by atoms with Gasteiger partial charge < -0.3 is 10.0 Å². The summed E-state index contributed by atoms with van der Waals surface area (Å²) in [4.78, 5) is 10.2. The number of nitrogens with zero attached hydrogens (tertiary/aromatic N) is 5. The maximum Gasteiger partial charge on any atom is 0.416 e. The quantitative estimate of drug-likeness (QED) is 0.716. The van der Waals surface area contributed by atoms with E-state index in [1.165, 1.54) is 24.5 Å². The number of aromatic nitrogens is 4. The predicted octanol–water partition coefficient (Wildman–Crippen LogP) is 3.45. The van der Waals surface area contributed by atoms with Crippen LogP contribution in [0.2, 0.25) is 5.02 Å². The molecular weight excluding hydrogens is 395 g/mol. The fourth-order valence-electron chi connectivity index (χ4n) is 2.84. The number of hydrogen-bond acceptors (Lipinski definition) is 6. The number of halogens is 4. The van der Waals surface area contributed by atoms with Gasteiger partial charge in [0.1, 0.15) is 11.4 Å². The van der Waals surface area contributed by atoms with E-state index >= 15 is 0 Å². The third-order valence-corrected chi connectivity index (χ3v) is 4.64. The van der Waals surface area contributed by atoms with Gasteiger partial charge in [0.05, 0.1) is 16.7 Å². The molecule has 1 fully saturated rings. The second-order valence-corrected chi connectivity index (χ2v) is 6.71. The molecule has 28 heavy (non-hydrogen) atoms. The van der Waals surface area contributed by atoms with Gasteiger partial charge in [0.25, 0.3) is 0 Å². The lowest BCUT2D eigenvalue weighted by atomic mass is 10.0. The van der Waals surface area contributed by atoms with Crippen LogP contribution in [0.3, 0.4) is 0 Å². The van der Waals surface area contributed by atoms with Crippen molar-refractivity contribution in [1.82, 2.24) is 20.2 Å². The van der Waals surface area contributed by atoms with E-state index in [9.17, 15) is 18.3 Å². The van der Waals surface area contributed by atoms with Crippen molar-refractivity contribution in [2.75, 3.05) is 18.0 Å². The lowest BCUT2D eigenvalue weighted by molar-refractivity contribution is -0.137. The molecule has 3 aromatic rings. The van der Waals surface area contributed by atoms with E-state index < -0.39 is 17.8 Å². The number of rotatable bonds is 3. The number of hydrogen-bond donors (Lipinski definition) is 1. The Kier molecular flexibility index (Phi) is 4.64. The standard InChI is InChI=1S/C18H13ClF3N5O/c19-14-7-23-6-5-13(14)16-15(10-1-3-11(4-2-10)18(20,21)22)25-26-17(24-16)27-8-12(28)9-27/h1-7,12,28H,8-9H2. The van der Waals surface area contributed by atoms with Crippen molar-refractivity contribution in [3.63, 3.8) is 0 Å². The summed E-state index contributed by atoms with van der Waals surface area (Å²) in [6.45, 7) is 0.760. The monoisotopic (exact) mass is 407 g/mol. The van der Waals surface area contributed by atoms with Crippen LogP contribution in [-0.2, 0) is 6.18 Å². The second-order valence-electron chi connectivity index (χ2n) is 6.30. The van der Waals surface area contributed by atoms with Crippen molar-refractivity contribution in [3.05, 3.63) is 53.3 Å². The van der Waals surface area contributed by atoms with Crippen LogP contribution in [-0.4, -0.2) is 44.5 Å². The van der Waals surface area contributed by atoms with Gasteiger partial charge in [-0.2, -0.15) is 13.2 Å². The van der Waals surface area contributed by atoms with Gasteiger partial charge in [0.2, 0.25) is 5.95 Å². The van der Waals surface area contributed by atoms with Crippen LogP contribution in [0.4, 0.5) is 19.1 Å². The SMILES string of the molecule is OC1CN(c2nnc(-c3ccc(C(F)(F)F)cc3)c(-c3ccncc3Cl)n2)C1. The van der Waals surface area contributed by atoms with Crippen LogP contribution in [0.25, 0.3) is 22.5 Å². The van der Waals surface area contributed by atoms with Crippen LogP contribution in [0.1, 0.15) is 5.56 Å². The van der Waals surface area contributed by atoms with E-state index in [4.69, 9.17) is 11.6 Å². The van der Waals surface area contributed by atoms with Gasteiger partial charge >= 0.3 is 6.18 Å². The largest absolute Gasteiger partial charge is 0.416 e. The topological polar surface area (TPSA) is 75.0 Å². The summed E-state index contributed by atoms with van der Waals surface area (Å²) in [7, 11) is 0. The molecule has 0 saturated carbocycles. The second kappa shape index (κ2) is 6.99. The zero-order chi connectivity index (χ0) is 19.9. The van der Waals surface area contributed by atoms with Crippen LogP contribution in [0.15, 0.2) is 42.7 Å². The predicted molar refractivity (Wildman–Crippen MR) is 96.7 cm³/mol. The number of β-amino-alcohol motifs (C(OH)–C–C–N with tert-alkyl or cyclic N) is 1. The molecule has 0 unspecified atom stereocenters. The zero-order valence-electron chi connectivity index (χ0n) is 14.2. The van der Waals surface area contributed by atoms with E-state index in [1.807, 2.05) is 0 Å². The van der Waals surface area contributed by atoms with Crippen molar-refractivity contribution >= 4 is 17.5 Å². The molecule has 4 rings (SSSR count). The van der Waals surface area contributed by atoms with E-state index in [2.05, 4.69) is 20.2 Å². The molecule has 0 bridgehead atoms. The van der Waals surface area contributed by atoms with Crippen molar-refractivity contribution in [1.29, 1.82) is 0 Å². The van der Waals surface area contributed by atoms with Crippen molar-refractivity contribution in [3.8, 4) is 22.5 Å². The molecule has 1 aliphatic heterocycles. The van der Waals surface area contributed by atoms with Gasteiger partial charge in [-0.1, -0.05) is 23.7 Å². The smallest absolute Gasteiger partial charge is 0.389 e. The third-order valence-electron chi connectivity index (χ3n) is 4.33.